The fourth-order valence-electron chi connectivity index (χ4n) is 3.00. The van der Waals surface area contributed by atoms with E-state index in [1.807, 2.05) is 29.2 Å². The van der Waals surface area contributed by atoms with Gasteiger partial charge >= 0.3 is 0 Å². The van der Waals surface area contributed by atoms with Gasteiger partial charge in [-0.25, -0.2) is 4.98 Å². The molecule has 0 atom stereocenters. The Morgan fingerprint density at radius 1 is 1.20 bits per heavy atom. The quantitative estimate of drug-likeness (QED) is 0.806. The number of ether oxygens (including phenoxy) is 1. The Labute approximate surface area is 148 Å². The van der Waals surface area contributed by atoms with Crippen molar-refractivity contribution >= 4 is 5.91 Å². The first-order chi connectivity index (χ1) is 12.2. The molecule has 1 aliphatic rings. The predicted molar refractivity (Wildman–Crippen MR) is 95.5 cm³/mol. The van der Waals surface area contributed by atoms with Crippen LogP contribution in [0.15, 0.2) is 34.9 Å². The number of aromatic nitrogens is 1. The molecule has 6 heteroatoms. The highest BCUT2D eigenvalue weighted by Gasteiger charge is 2.20. The molecular formula is C19H25N3O3. The lowest BCUT2D eigenvalue weighted by molar-refractivity contribution is -0.132. The van der Waals surface area contributed by atoms with E-state index in [2.05, 4.69) is 16.8 Å². The van der Waals surface area contributed by atoms with E-state index in [0.717, 1.165) is 44.0 Å². The first kappa shape index (κ1) is 17.5. The molecule has 0 unspecified atom stereocenters. The average molecular weight is 343 g/mol. The molecule has 1 saturated heterocycles. The number of nitrogens with zero attached hydrogens (tertiary/aromatic N) is 3. The van der Waals surface area contributed by atoms with Gasteiger partial charge in [-0.2, -0.15) is 0 Å². The van der Waals surface area contributed by atoms with Gasteiger partial charge in [0, 0.05) is 44.6 Å². The monoisotopic (exact) mass is 343 g/mol. The SMILES string of the molecule is CCN1CCN(C(=O)CCc2ncc(-c3ccc(OC)cc3)o2)CC1. The lowest BCUT2D eigenvalue weighted by Crippen LogP contribution is -2.48. The molecule has 3 rings (SSSR count). The topological polar surface area (TPSA) is 58.8 Å². The van der Waals surface area contributed by atoms with Crippen LogP contribution in [0.25, 0.3) is 11.3 Å². The summed E-state index contributed by atoms with van der Waals surface area (Å²) in [6.07, 6.45) is 2.68. The highest BCUT2D eigenvalue weighted by molar-refractivity contribution is 5.76. The van der Waals surface area contributed by atoms with E-state index in [9.17, 15) is 4.79 Å². The Bertz CT molecular complexity index is 688. The fourth-order valence-corrected chi connectivity index (χ4v) is 3.00. The second kappa shape index (κ2) is 8.16. The van der Waals surface area contributed by atoms with Crippen LogP contribution >= 0.6 is 0 Å². The summed E-state index contributed by atoms with van der Waals surface area (Å²) >= 11 is 0. The van der Waals surface area contributed by atoms with E-state index in [1.165, 1.54) is 0 Å². The van der Waals surface area contributed by atoms with E-state index in [4.69, 9.17) is 9.15 Å². The number of likely N-dealkylation sites (N-methyl/N-ethyl adjacent to an activating group) is 1. The van der Waals surface area contributed by atoms with Crippen LogP contribution in [0.5, 0.6) is 5.75 Å². The summed E-state index contributed by atoms with van der Waals surface area (Å²) in [5.41, 5.74) is 0.946. The average Bonchev–Trinajstić information content (AvgIpc) is 3.15. The number of amides is 1. The number of methoxy groups -OCH3 is 1. The van der Waals surface area contributed by atoms with Crippen LogP contribution < -0.4 is 4.74 Å². The summed E-state index contributed by atoms with van der Waals surface area (Å²) < 4.78 is 10.9. The van der Waals surface area contributed by atoms with Gasteiger partial charge in [0.2, 0.25) is 5.91 Å². The molecule has 0 bridgehead atoms. The Morgan fingerprint density at radius 3 is 2.56 bits per heavy atom. The van der Waals surface area contributed by atoms with Crippen LogP contribution in [0.1, 0.15) is 19.2 Å². The molecule has 25 heavy (non-hydrogen) atoms. The predicted octanol–water partition coefficient (Wildman–Crippen LogP) is 2.45. The number of hydrogen-bond donors (Lipinski definition) is 0. The Hall–Kier alpha value is -2.34. The van der Waals surface area contributed by atoms with Crippen LogP contribution in [0.4, 0.5) is 0 Å². The summed E-state index contributed by atoms with van der Waals surface area (Å²) in [5.74, 6) is 2.30. The maximum Gasteiger partial charge on any atom is 0.223 e. The fraction of sp³-hybridized carbons (Fsp3) is 0.474. The van der Waals surface area contributed by atoms with Crippen LogP contribution in [0, 0.1) is 0 Å². The summed E-state index contributed by atoms with van der Waals surface area (Å²) in [7, 11) is 1.64. The minimum atomic E-state index is 0.181. The summed E-state index contributed by atoms with van der Waals surface area (Å²) in [6.45, 7) is 6.75. The van der Waals surface area contributed by atoms with Gasteiger partial charge in [-0.05, 0) is 30.8 Å². The van der Waals surface area contributed by atoms with E-state index in [0.29, 0.717) is 24.5 Å². The lowest BCUT2D eigenvalue weighted by atomic mass is 10.2. The molecule has 1 aliphatic heterocycles. The Kier molecular flexibility index (Phi) is 5.71. The minimum absolute atomic E-state index is 0.181. The van der Waals surface area contributed by atoms with E-state index in [-0.39, 0.29) is 5.91 Å². The van der Waals surface area contributed by atoms with Crippen LogP contribution in [0.2, 0.25) is 0 Å². The second-order valence-corrected chi connectivity index (χ2v) is 6.16. The Morgan fingerprint density at radius 2 is 1.92 bits per heavy atom. The third-order valence-electron chi connectivity index (χ3n) is 4.65. The van der Waals surface area contributed by atoms with Crippen molar-refractivity contribution in [1.82, 2.24) is 14.8 Å². The number of aryl methyl sites for hydroxylation is 1. The van der Waals surface area contributed by atoms with Gasteiger partial charge in [0.05, 0.1) is 13.3 Å². The normalized spacial score (nSPS) is 15.4. The number of piperazine rings is 1. The molecule has 2 heterocycles. The number of oxazole rings is 1. The van der Waals surface area contributed by atoms with Crippen molar-refractivity contribution in [2.45, 2.75) is 19.8 Å². The molecule has 1 aromatic heterocycles. The van der Waals surface area contributed by atoms with E-state index < -0.39 is 0 Å². The van der Waals surface area contributed by atoms with Gasteiger partial charge in [0.15, 0.2) is 11.7 Å². The molecular weight excluding hydrogens is 318 g/mol. The first-order valence-corrected chi connectivity index (χ1v) is 8.79. The summed E-state index contributed by atoms with van der Waals surface area (Å²) in [6, 6.07) is 7.64. The summed E-state index contributed by atoms with van der Waals surface area (Å²) in [5, 5.41) is 0. The van der Waals surface area contributed by atoms with Gasteiger partial charge in [-0.1, -0.05) is 6.92 Å². The maximum atomic E-state index is 12.3. The van der Waals surface area contributed by atoms with Crippen molar-refractivity contribution in [2.24, 2.45) is 0 Å². The van der Waals surface area contributed by atoms with Gasteiger partial charge in [-0.15, -0.1) is 0 Å². The van der Waals surface area contributed by atoms with Gasteiger partial charge < -0.3 is 19.0 Å². The van der Waals surface area contributed by atoms with Crippen molar-refractivity contribution in [3.8, 4) is 17.1 Å². The van der Waals surface area contributed by atoms with Gasteiger partial charge in [-0.3, -0.25) is 4.79 Å². The standard InChI is InChI=1S/C19H25N3O3/c1-3-21-10-12-22(13-11-21)19(23)9-8-18-20-14-17(25-18)15-4-6-16(24-2)7-5-15/h4-7,14H,3,8-13H2,1-2H3. The van der Waals surface area contributed by atoms with Crippen LogP contribution in [-0.4, -0.2) is 60.5 Å². The molecule has 1 aromatic carbocycles. The highest BCUT2D eigenvalue weighted by atomic mass is 16.5. The molecule has 0 spiro atoms. The molecule has 0 radical (unpaired) electrons. The zero-order chi connectivity index (χ0) is 17.6. The van der Waals surface area contributed by atoms with Crippen molar-refractivity contribution in [3.05, 3.63) is 36.4 Å². The molecule has 0 N–H and O–H groups in total. The van der Waals surface area contributed by atoms with Crippen LogP contribution in [-0.2, 0) is 11.2 Å². The molecule has 2 aromatic rings. The molecule has 1 amide bonds. The second-order valence-electron chi connectivity index (χ2n) is 6.16. The Balaban J connectivity index is 1.52. The van der Waals surface area contributed by atoms with Crippen LogP contribution in [0.3, 0.4) is 0 Å². The zero-order valence-corrected chi connectivity index (χ0v) is 14.9. The number of hydrogen-bond acceptors (Lipinski definition) is 5. The number of rotatable bonds is 6. The maximum absolute atomic E-state index is 12.3. The third kappa shape index (κ3) is 4.39. The lowest BCUT2D eigenvalue weighted by Gasteiger charge is -2.34. The smallest absolute Gasteiger partial charge is 0.223 e. The van der Waals surface area contributed by atoms with Crippen molar-refractivity contribution < 1.29 is 13.9 Å². The first-order valence-electron chi connectivity index (χ1n) is 8.79. The number of carbonyl (C=O) groups is 1. The van der Waals surface area contributed by atoms with Gasteiger partial charge in [0.25, 0.3) is 0 Å². The molecule has 134 valence electrons. The number of carbonyl (C=O) groups excluding carboxylic acids is 1. The zero-order valence-electron chi connectivity index (χ0n) is 14.9. The molecule has 0 saturated carbocycles. The summed E-state index contributed by atoms with van der Waals surface area (Å²) in [4.78, 5) is 20.9. The van der Waals surface area contributed by atoms with Gasteiger partial charge in [0.1, 0.15) is 5.75 Å². The van der Waals surface area contributed by atoms with E-state index >= 15 is 0 Å². The van der Waals surface area contributed by atoms with Crippen molar-refractivity contribution in [3.63, 3.8) is 0 Å². The highest BCUT2D eigenvalue weighted by Crippen LogP contribution is 2.23. The molecule has 0 aliphatic carbocycles. The van der Waals surface area contributed by atoms with Crippen molar-refractivity contribution in [2.75, 3.05) is 39.8 Å². The van der Waals surface area contributed by atoms with Crippen molar-refractivity contribution in [1.29, 1.82) is 0 Å². The number of benzene rings is 1. The molecule has 6 nitrogen and oxygen atoms in total. The third-order valence-corrected chi connectivity index (χ3v) is 4.65. The largest absolute Gasteiger partial charge is 0.497 e. The van der Waals surface area contributed by atoms with E-state index in [1.54, 1.807) is 13.3 Å². The minimum Gasteiger partial charge on any atom is -0.497 e. The molecule has 1 fully saturated rings.